The predicted octanol–water partition coefficient (Wildman–Crippen LogP) is 9.22. The second kappa shape index (κ2) is 24.6. The Morgan fingerprint density at radius 2 is 1.68 bits per heavy atom. The van der Waals surface area contributed by atoms with E-state index in [2.05, 4.69) is 58.9 Å². The molecule has 2 fully saturated rings. The number of aryl methyl sites for hydroxylation is 1. The van der Waals surface area contributed by atoms with Gasteiger partial charge in [-0.3, -0.25) is 0 Å². The van der Waals surface area contributed by atoms with Crippen molar-refractivity contribution in [3.63, 3.8) is 0 Å². The summed E-state index contributed by atoms with van der Waals surface area (Å²) in [5, 5.41) is 23.3. The molecule has 8 nitrogen and oxygen atoms in total. The smallest absolute Gasteiger partial charge is 0.404 e. The minimum Gasteiger partial charge on any atom is -0.465 e. The molecule has 1 saturated carbocycles. The number of hydrogen-bond donors (Lipinski definition) is 4. The summed E-state index contributed by atoms with van der Waals surface area (Å²) in [5.74, 6) is -0.257. The van der Waals surface area contributed by atoms with E-state index in [-0.39, 0.29) is 12.5 Å². The quantitative estimate of drug-likeness (QED) is 0.155. The molecule has 0 bridgehead atoms. The third-order valence-electron chi connectivity index (χ3n) is 6.27. The fourth-order valence-electron chi connectivity index (χ4n) is 4.18. The molecule has 2 aliphatic rings. The maximum absolute atomic E-state index is 12.2. The summed E-state index contributed by atoms with van der Waals surface area (Å²) in [6, 6.07) is 10.5. The zero-order chi connectivity index (χ0) is 35.2. The van der Waals surface area contributed by atoms with Crippen LogP contribution in [0.2, 0.25) is 0 Å². The molecule has 3 aromatic rings. The molecule has 1 aliphatic carbocycles. The Labute approximate surface area is 288 Å². The van der Waals surface area contributed by atoms with Crippen molar-refractivity contribution < 1.29 is 28.5 Å². The number of fused-ring (bicyclic) bond motifs is 1. The predicted molar refractivity (Wildman–Crippen MR) is 194 cm³/mol. The lowest BCUT2D eigenvalue weighted by Gasteiger charge is -2.26. The first-order chi connectivity index (χ1) is 22.5. The zero-order valence-electron chi connectivity index (χ0n) is 29.2. The SMILES string of the molecule is C1CCOCC1.CC.CC(C)CN(CC(C)CNC(=O)O)Sc1ccc2nc(NC3CC3)sc2c1.CCO.Cc1cc(F)cc(F)c1. The van der Waals surface area contributed by atoms with Gasteiger partial charge in [-0.15, -0.1) is 0 Å². The second-order valence-corrected chi connectivity index (χ2v) is 13.8. The number of thiazole rings is 1. The number of carbonyl (C=O) groups is 1. The van der Waals surface area contributed by atoms with Crippen molar-refractivity contribution in [3.05, 3.63) is 53.6 Å². The van der Waals surface area contributed by atoms with E-state index in [1.54, 1.807) is 37.1 Å². The van der Waals surface area contributed by atoms with Crippen LogP contribution in [0, 0.1) is 30.4 Å². The zero-order valence-corrected chi connectivity index (χ0v) is 30.8. The molecule has 5 rings (SSSR count). The van der Waals surface area contributed by atoms with Gasteiger partial charge in [-0.05, 0) is 106 Å². The average molecular weight is 699 g/mol. The summed E-state index contributed by atoms with van der Waals surface area (Å²) in [6.45, 7) is 18.3. The van der Waals surface area contributed by atoms with Gasteiger partial charge in [0.25, 0.3) is 0 Å². The number of carboxylic acid groups (broad SMARTS) is 1. The lowest BCUT2D eigenvalue weighted by molar-refractivity contribution is 0.0968. The number of amides is 1. The molecule has 2 heterocycles. The molecule has 0 spiro atoms. The van der Waals surface area contributed by atoms with Gasteiger partial charge in [-0.1, -0.05) is 46.0 Å². The first-order valence-electron chi connectivity index (χ1n) is 16.7. The summed E-state index contributed by atoms with van der Waals surface area (Å²) < 4.78 is 33.0. The summed E-state index contributed by atoms with van der Waals surface area (Å²) in [6.07, 6.45) is 5.46. The molecule has 1 atom stereocenters. The molecule has 2 aromatic carbocycles. The number of rotatable bonds is 10. The van der Waals surface area contributed by atoms with Crippen LogP contribution in [0.15, 0.2) is 41.3 Å². The first kappa shape index (κ1) is 42.5. The van der Waals surface area contributed by atoms with E-state index >= 15 is 0 Å². The highest BCUT2D eigenvalue weighted by Gasteiger charge is 2.22. The highest BCUT2D eigenvalue weighted by atomic mass is 32.2. The van der Waals surface area contributed by atoms with E-state index in [9.17, 15) is 13.6 Å². The highest BCUT2D eigenvalue weighted by molar-refractivity contribution is 7.97. The lowest BCUT2D eigenvalue weighted by Crippen LogP contribution is -2.33. The minimum atomic E-state index is -0.962. The van der Waals surface area contributed by atoms with E-state index in [1.165, 1.54) is 53.8 Å². The molecule has 12 heteroatoms. The molecular formula is C35H56F2N4O4S2. The van der Waals surface area contributed by atoms with Crippen LogP contribution in [0.5, 0.6) is 0 Å². The molecule has 47 heavy (non-hydrogen) atoms. The summed E-state index contributed by atoms with van der Waals surface area (Å²) >= 11 is 3.46. The van der Waals surface area contributed by atoms with E-state index < -0.39 is 17.7 Å². The maximum atomic E-state index is 12.2. The van der Waals surface area contributed by atoms with Crippen LogP contribution in [0.4, 0.5) is 18.7 Å². The third kappa shape index (κ3) is 20.5. The number of aliphatic hydroxyl groups excluding tert-OH is 1. The molecule has 0 radical (unpaired) electrons. The van der Waals surface area contributed by atoms with Crippen LogP contribution in [0.1, 0.15) is 79.2 Å². The normalized spacial score (nSPS) is 14.3. The monoisotopic (exact) mass is 698 g/mol. The fraction of sp³-hybridized carbons (Fsp3) is 0.600. The van der Waals surface area contributed by atoms with Crippen LogP contribution in [-0.4, -0.2) is 71.1 Å². The van der Waals surface area contributed by atoms with Gasteiger partial charge in [0.05, 0.1) is 10.2 Å². The van der Waals surface area contributed by atoms with E-state index in [1.807, 2.05) is 13.8 Å². The van der Waals surface area contributed by atoms with Crippen molar-refractivity contribution >= 4 is 44.7 Å². The molecule has 1 amide bonds. The Morgan fingerprint density at radius 3 is 2.15 bits per heavy atom. The van der Waals surface area contributed by atoms with E-state index in [0.717, 1.165) is 43.0 Å². The number of nitrogens with one attached hydrogen (secondary N) is 2. The van der Waals surface area contributed by atoms with Gasteiger partial charge >= 0.3 is 6.09 Å². The van der Waals surface area contributed by atoms with Gasteiger partial charge in [-0.25, -0.2) is 22.9 Å². The van der Waals surface area contributed by atoms with Crippen LogP contribution < -0.4 is 10.6 Å². The summed E-state index contributed by atoms with van der Waals surface area (Å²) in [7, 11) is 0. The van der Waals surface area contributed by atoms with Gasteiger partial charge in [0.15, 0.2) is 5.13 Å². The molecule has 4 N–H and O–H groups in total. The Bertz CT molecular complexity index is 1210. The van der Waals surface area contributed by atoms with Gasteiger partial charge in [-0.2, -0.15) is 0 Å². The molecule has 266 valence electrons. The van der Waals surface area contributed by atoms with Crippen LogP contribution >= 0.6 is 23.3 Å². The number of aromatic nitrogens is 1. The van der Waals surface area contributed by atoms with Gasteiger partial charge in [0, 0.05) is 56.5 Å². The minimum absolute atomic E-state index is 0.244. The van der Waals surface area contributed by atoms with Crippen molar-refractivity contribution in [1.29, 1.82) is 0 Å². The fourth-order valence-corrected chi connectivity index (χ4v) is 6.54. The number of halogens is 2. The van der Waals surface area contributed by atoms with Crippen molar-refractivity contribution in [3.8, 4) is 0 Å². The van der Waals surface area contributed by atoms with Crippen LogP contribution in [0.3, 0.4) is 0 Å². The number of nitrogens with zero attached hydrogens (tertiary/aromatic N) is 2. The number of ether oxygens (including phenoxy) is 1. The number of aliphatic hydroxyl groups is 1. The maximum Gasteiger partial charge on any atom is 0.404 e. The van der Waals surface area contributed by atoms with Gasteiger partial charge in [0.2, 0.25) is 0 Å². The van der Waals surface area contributed by atoms with E-state index in [4.69, 9.17) is 14.9 Å². The van der Waals surface area contributed by atoms with Crippen molar-refractivity contribution in [2.45, 2.75) is 91.5 Å². The molecular weight excluding hydrogens is 643 g/mol. The standard InChI is InChI=1S/C19H28N4O2S2.C7H6F2.C5H10O.C2H6O.C2H6/c1-12(2)10-23(11-13(3)9-20-19(24)25)27-15-6-7-16-17(8-15)26-18(22-16)21-14-4-5-14;1-5-2-6(8)4-7(9)3-5;1-2-4-6-5-3-1;1-2-3;1-2/h6-8,12-14,20H,4-5,9-11H2,1-3H3,(H,21,22)(H,24,25);2-4H,1H3;1-5H2;3H,2H2,1H3;1-2H3. The molecule has 1 saturated heterocycles. The lowest BCUT2D eigenvalue weighted by atomic mass is 10.1. The van der Waals surface area contributed by atoms with Crippen molar-refractivity contribution in [2.24, 2.45) is 11.8 Å². The summed E-state index contributed by atoms with van der Waals surface area (Å²) in [4.78, 5) is 16.6. The highest BCUT2D eigenvalue weighted by Crippen LogP contribution is 2.34. The van der Waals surface area contributed by atoms with Crippen molar-refractivity contribution in [2.75, 3.05) is 44.8 Å². The first-order valence-corrected chi connectivity index (χ1v) is 18.3. The number of hydrogen-bond acceptors (Lipinski definition) is 8. The van der Waals surface area contributed by atoms with E-state index in [0.29, 0.717) is 24.1 Å². The largest absolute Gasteiger partial charge is 0.465 e. The Balaban J connectivity index is 0.000000447. The third-order valence-corrected chi connectivity index (χ3v) is 8.24. The van der Waals surface area contributed by atoms with Crippen molar-refractivity contribution in [1.82, 2.24) is 14.6 Å². The summed E-state index contributed by atoms with van der Waals surface area (Å²) in [5.41, 5.74) is 1.65. The number of benzene rings is 2. The van der Waals surface area contributed by atoms with Gasteiger partial charge < -0.3 is 25.6 Å². The molecule has 1 unspecified atom stereocenters. The number of anilines is 1. The topological polar surface area (TPSA) is 107 Å². The Morgan fingerprint density at radius 1 is 1.06 bits per heavy atom. The average Bonchev–Trinajstić information content (AvgIpc) is 3.74. The van der Waals surface area contributed by atoms with Crippen LogP contribution in [-0.2, 0) is 4.74 Å². The van der Waals surface area contributed by atoms with Crippen LogP contribution in [0.25, 0.3) is 10.2 Å². The Hall–Kier alpha value is -2.51. The Kier molecular flexibility index (Phi) is 22.3. The van der Waals surface area contributed by atoms with Gasteiger partial charge in [0.1, 0.15) is 11.6 Å². The second-order valence-electron chi connectivity index (χ2n) is 11.6. The molecule has 1 aromatic heterocycles. The molecule has 1 aliphatic heterocycles.